The van der Waals surface area contributed by atoms with Gasteiger partial charge in [-0.2, -0.15) is 0 Å². The Morgan fingerprint density at radius 1 is 0.962 bits per heavy atom. The predicted octanol–water partition coefficient (Wildman–Crippen LogP) is 3.06. The SMILES string of the molecule is OC(CNc1cc(-c2ccc3c(c2)OCCO3)ncn1)c1ccccc1. The molecule has 1 aliphatic heterocycles. The fraction of sp³-hybridized carbons (Fsp3) is 0.200. The van der Waals surface area contributed by atoms with Crippen molar-refractivity contribution in [3.63, 3.8) is 0 Å². The Morgan fingerprint density at radius 3 is 2.62 bits per heavy atom. The molecule has 2 heterocycles. The first kappa shape index (κ1) is 16.4. The van der Waals surface area contributed by atoms with Gasteiger partial charge in [-0.15, -0.1) is 0 Å². The first-order chi connectivity index (χ1) is 12.8. The molecule has 0 fully saturated rings. The molecule has 0 saturated heterocycles. The topological polar surface area (TPSA) is 76.5 Å². The molecule has 3 aromatic rings. The zero-order valence-corrected chi connectivity index (χ0v) is 14.1. The molecule has 0 radical (unpaired) electrons. The van der Waals surface area contributed by atoms with Crippen LogP contribution in [0.1, 0.15) is 11.7 Å². The second-order valence-electron chi connectivity index (χ2n) is 5.95. The van der Waals surface area contributed by atoms with Gasteiger partial charge in [0.05, 0.1) is 11.8 Å². The number of benzene rings is 2. The Labute approximate surface area is 151 Å². The molecule has 1 aromatic heterocycles. The summed E-state index contributed by atoms with van der Waals surface area (Å²) in [6.07, 6.45) is 0.896. The molecule has 4 rings (SSSR count). The maximum atomic E-state index is 10.3. The Hall–Kier alpha value is -3.12. The van der Waals surface area contributed by atoms with Crippen LogP contribution in [0, 0.1) is 0 Å². The highest BCUT2D eigenvalue weighted by atomic mass is 16.6. The highest BCUT2D eigenvalue weighted by molar-refractivity contribution is 5.66. The average Bonchev–Trinajstić information content (AvgIpc) is 2.72. The van der Waals surface area contributed by atoms with Crippen molar-refractivity contribution in [1.29, 1.82) is 0 Å². The van der Waals surface area contributed by atoms with Crippen LogP contribution in [0.15, 0.2) is 60.9 Å². The lowest BCUT2D eigenvalue weighted by Crippen LogP contribution is -2.15. The number of ether oxygens (including phenoxy) is 2. The average molecular weight is 349 g/mol. The number of nitrogens with one attached hydrogen (secondary N) is 1. The molecule has 2 aromatic carbocycles. The first-order valence-corrected chi connectivity index (χ1v) is 8.48. The number of anilines is 1. The summed E-state index contributed by atoms with van der Waals surface area (Å²) in [5, 5.41) is 13.4. The lowest BCUT2D eigenvalue weighted by Gasteiger charge is -2.18. The van der Waals surface area contributed by atoms with E-state index < -0.39 is 6.10 Å². The normalized spacial score (nSPS) is 13.9. The molecule has 6 nitrogen and oxygen atoms in total. The van der Waals surface area contributed by atoms with Crippen molar-refractivity contribution in [2.24, 2.45) is 0 Å². The lowest BCUT2D eigenvalue weighted by atomic mass is 10.1. The van der Waals surface area contributed by atoms with E-state index in [0.29, 0.717) is 25.6 Å². The van der Waals surface area contributed by atoms with E-state index in [2.05, 4.69) is 15.3 Å². The first-order valence-electron chi connectivity index (χ1n) is 8.48. The number of fused-ring (bicyclic) bond motifs is 1. The van der Waals surface area contributed by atoms with Gasteiger partial charge in [-0.05, 0) is 23.8 Å². The summed E-state index contributed by atoms with van der Waals surface area (Å²) in [6.45, 7) is 1.48. The molecule has 0 spiro atoms. The van der Waals surface area contributed by atoms with Crippen molar-refractivity contribution in [1.82, 2.24) is 9.97 Å². The number of rotatable bonds is 5. The highest BCUT2D eigenvalue weighted by Crippen LogP contribution is 2.34. The number of aliphatic hydroxyl groups is 1. The third-order valence-electron chi connectivity index (χ3n) is 4.17. The van der Waals surface area contributed by atoms with Crippen LogP contribution >= 0.6 is 0 Å². The fourth-order valence-electron chi connectivity index (χ4n) is 2.81. The molecule has 0 saturated carbocycles. The van der Waals surface area contributed by atoms with Crippen LogP contribution in [0.4, 0.5) is 5.82 Å². The van der Waals surface area contributed by atoms with Crippen molar-refractivity contribution in [3.8, 4) is 22.8 Å². The monoisotopic (exact) mass is 349 g/mol. The van der Waals surface area contributed by atoms with E-state index in [0.717, 1.165) is 28.3 Å². The highest BCUT2D eigenvalue weighted by Gasteiger charge is 2.13. The summed E-state index contributed by atoms with van der Waals surface area (Å²) in [6, 6.07) is 17.1. The minimum absolute atomic E-state index is 0.363. The Morgan fingerprint density at radius 2 is 1.77 bits per heavy atom. The van der Waals surface area contributed by atoms with Crippen LogP contribution in [0.2, 0.25) is 0 Å². The van der Waals surface area contributed by atoms with E-state index in [1.807, 2.05) is 54.6 Å². The quantitative estimate of drug-likeness (QED) is 0.737. The maximum absolute atomic E-state index is 10.3. The van der Waals surface area contributed by atoms with E-state index in [-0.39, 0.29) is 0 Å². The van der Waals surface area contributed by atoms with Gasteiger partial charge in [-0.25, -0.2) is 9.97 Å². The smallest absolute Gasteiger partial charge is 0.162 e. The second-order valence-corrected chi connectivity index (χ2v) is 5.95. The van der Waals surface area contributed by atoms with Crippen molar-refractivity contribution < 1.29 is 14.6 Å². The van der Waals surface area contributed by atoms with E-state index >= 15 is 0 Å². The summed E-state index contributed by atoms with van der Waals surface area (Å²) in [7, 11) is 0. The molecule has 2 N–H and O–H groups in total. The molecule has 1 unspecified atom stereocenters. The number of hydrogen-bond donors (Lipinski definition) is 2. The van der Waals surface area contributed by atoms with Gasteiger partial charge in [0.1, 0.15) is 25.4 Å². The number of hydrogen-bond acceptors (Lipinski definition) is 6. The van der Waals surface area contributed by atoms with Crippen molar-refractivity contribution in [2.75, 3.05) is 25.1 Å². The third kappa shape index (κ3) is 3.60. The van der Waals surface area contributed by atoms with E-state index in [1.54, 1.807) is 0 Å². The van der Waals surface area contributed by atoms with Gasteiger partial charge >= 0.3 is 0 Å². The second kappa shape index (κ2) is 7.41. The van der Waals surface area contributed by atoms with Crippen molar-refractivity contribution in [2.45, 2.75) is 6.10 Å². The zero-order chi connectivity index (χ0) is 17.8. The molecular weight excluding hydrogens is 330 g/mol. The summed E-state index contributed by atoms with van der Waals surface area (Å²) in [4.78, 5) is 8.56. The van der Waals surface area contributed by atoms with Gasteiger partial charge in [0.15, 0.2) is 11.5 Å². The van der Waals surface area contributed by atoms with Gasteiger partial charge in [0.25, 0.3) is 0 Å². The summed E-state index contributed by atoms with van der Waals surface area (Å²) >= 11 is 0. The molecule has 1 aliphatic rings. The van der Waals surface area contributed by atoms with Crippen LogP contribution in [0.5, 0.6) is 11.5 Å². The molecular formula is C20H19N3O3. The molecule has 1 atom stereocenters. The zero-order valence-electron chi connectivity index (χ0n) is 14.1. The van der Waals surface area contributed by atoms with Gasteiger partial charge in [0.2, 0.25) is 0 Å². The van der Waals surface area contributed by atoms with Gasteiger partial charge in [-0.3, -0.25) is 0 Å². The maximum Gasteiger partial charge on any atom is 0.162 e. The molecule has 0 aliphatic carbocycles. The largest absolute Gasteiger partial charge is 0.486 e. The minimum Gasteiger partial charge on any atom is -0.486 e. The van der Waals surface area contributed by atoms with Crippen LogP contribution in [0.3, 0.4) is 0 Å². The number of aromatic nitrogens is 2. The number of nitrogens with zero attached hydrogens (tertiary/aromatic N) is 2. The van der Waals surface area contributed by atoms with Crippen LogP contribution < -0.4 is 14.8 Å². The lowest BCUT2D eigenvalue weighted by molar-refractivity contribution is 0.171. The molecule has 132 valence electrons. The summed E-state index contributed by atoms with van der Waals surface area (Å²) in [5.74, 6) is 2.12. The van der Waals surface area contributed by atoms with Gasteiger partial charge in [0, 0.05) is 18.2 Å². The van der Waals surface area contributed by atoms with Crippen molar-refractivity contribution >= 4 is 5.82 Å². The summed E-state index contributed by atoms with van der Waals surface area (Å²) in [5.41, 5.74) is 2.55. The van der Waals surface area contributed by atoms with Crippen LogP contribution in [0.25, 0.3) is 11.3 Å². The van der Waals surface area contributed by atoms with E-state index in [9.17, 15) is 5.11 Å². The van der Waals surface area contributed by atoms with Gasteiger partial charge in [-0.1, -0.05) is 30.3 Å². The van der Waals surface area contributed by atoms with Gasteiger partial charge < -0.3 is 19.9 Å². The fourth-order valence-corrected chi connectivity index (χ4v) is 2.81. The van der Waals surface area contributed by atoms with Crippen LogP contribution in [-0.4, -0.2) is 34.8 Å². The Kier molecular flexibility index (Phi) is 4.66. The van der Waals surface area contributed by atoms with Crippen LogP contribution in [-0.2, 0) is 0 Å². The Bertz CT molecular complexity index is 886. The predicted molar refractivity (Wildman–Crippen MR) is 98.3 cm³/mol. The molecule has 26 heavy (non-hydrogen) atoms. The van der Waals surface area contributed by atoms with Crippen molar-refractivity contribution in [3.05, 3.63) is 66.5 Å². The number of aliphatic hydroxyl groups excluding tert-OH is 1. The van der Waals surface area contributed by atoms with E-state index in [4.69, 9.17) is 9.47 Å². The summed E-state index contributed by atoms with van der Waals surface area (Å²) < 4.78 is 11.2. The molecule has 0 amide bonds. The molecule has 6 heteroatoms. The minimum atomic E-state index is -0.607. The third-order valence-corrected chi connectivity index (χ3v) is 4.17. The molecule has 0 bridgehead atoms. The van der Waals surface area contributed by atoms with E-state index in [1.165, 1.54) is 6.33 Å². The standard InChI is InChI=1S/C20H19N3O3/c24-17(14-4-2-1-3-5-14)12-21-20-11-16(22-13-23-20)15-6-7-18-19(10-15)26-9-8-25-18/h1-7,10-11,13,17,24H,8-9,12H2,(H,21,22,23). The Balaban J connectivity index is 1.48.